The molecule has 0 saturated carbocycles. The van der Waals surface area contributed by atoms with Gasteiger partial charge in [0.1, 0.15) is 11.4 Å². The normalized spacial score (nSPS) is 13.4. The fourth-order valence-corrected chi connectivity index (χ4v) is 2.19. The van der Waals surface area contributed by atoms with Crippen LogP contribution < -0.4 is 10.6 Å². The van der Waals surface area contributed by atoms with Crippen molar-refractivity contribution in [1.82, 2.24) is 10.6 Å². The van der Waals surface area contributed by atoms with Gasteiger partial charge >= 0.3 is 6.03 Å². The van der Waals surface area contributed by atoms with E-state index in [2.05, 4.69) is 10.6 Å². The highest BCUT2D eigenvalue weighted by Crippen LogP contribution is 2.26. The number of furan rings is 1. The number of hydrogen-bond acceptors (Lipinski definition) is 3. The second kappa shape index (κ2) is 7.33. The molecule has 0 aliphatic heterocycles. The maximum atomic E-state index is 11.9. The summed E-state index contributed by atoms with van der Waals surface area (Å²) in [6.07, 6.45) is 1.57. The molecule has 2 amide bonds. The van der Waals surface area contributed by atoms with Crippen LogP contribution in [0, 0.1) is 0 Å². The molecule has 1 aromatic carbocycles. The van der Waals surface area contributed by atoms with Gasteiger partial charge in [0.15, 0.2) is 0 Å². The van der Waals surface area contributed by atoms with Crippen molar-refractivity contribution in [2.24, 2.45) is 0 Å². The van der Waals surface area contributed by atoms with Crippen LogP contribution in [-0.2, 0) is 16.9 Å². The highest BCUT2D eigenvalue weighted by atomic mass is 35.5. The van der Waals surface area contributed by atoms with Crippen LogP contribution in [0.3, 0.4) is 0 Å². The predicted molar refractivity (Wildman–Crippen MR) is 84.8 cm³/mol. The molecular weight excluding hydrogens is 304 g/mol. The van der Waals surface area contributed by atoms with E-state index in [1.54, 1.807) is 31.6 Å². The van der Waals surface area contributed by atoms with Crippen molar-refractivity contribution < 1.29 is 13.9 Å². The highest BCUT2D eigenvalue weighted by Gasteiger charge is 2.27. The molecule has 118 valence electrons. The summed E-state index contributed by atoms with van der Waals surface area (Å²) in [6, 6.07) is 10.7. The summed E-state index contributed by atoms with van der Waals surface area (Å²) in [4.78, 5) is 11.9. The van der Waals surface area contributed by atoms with Gasteiger partial charge in [0.2, 0.25) is 0 Å². The van der Waals surface area contributed by atoms with E-state index in [0.717, 1.165) is 5.56 Å². The van der Waals surface area contributed by atoms with Gasteiger partial charge < -0.3 is 19.8 Å². The van der Waals surface area contributed by atoms with Gasteiger partial charge in [-0.05, 0) is 36.8 Å². The topological polar surface area (TPSA) is 63.5 Å². The molecule has 5 nitrogen and oxygen atoms in total. The van der Waals surface area contributed by atoms with Crippen LogP contribution in [-0.4, -0.2) is 19.7 Å². The SMILES string of the molecule is COC(C)(CNC(=O)NCc1ccco1)c1cccc(Cl)c1. The molecule has 0 spiro atoms. The molecular formula is C16H19ClN2O3. The van der Waals surface area contributed by atoms with E-state index in [0.29, 0.717) is 23.9 Å². The Hall–Kier alpha value is -1.98. The Kier molecular flexibility index (Phi) is 5.46. The first-order chi connectivity index (χ1) is 10.5. The molecule has 1 heterocycles. The van der Waals surface area contributed by atoms with Crippen LogP contribution >= 0.6 is 11.6 Å². The van der Waals surface area contributed by atoms with Crippen LogP contribution in [0.2, 0.25) is 5.02 Å². The van der Waals surface area contributed by atoms with Crippen molar-refractivity contribution in [3.63, 3.8) is 0 Å². The lowest BCUT2D eigenvalue weighted by Gasteiger charge is -2.29. The molecule has 1 aromatic heterocycles. The molecule has 0 aliphatic rings. The van der Waals surface area contributed by atoms with E-state index in [1.807, 2.05) is 25.1 Å². The number of carbonyl (C=O) groups excluding carboxylic acids is 1. The summed E-state index contributed by atoms with van der Waals surface area (Å²) in [5.74, 6) is 0.694. The summed E-state index contributed by atoms with van der Waals surface area (Å²) in [5, 5.41) is 6.14. The molecule has 0 aliphatic carbocycles. The van der Waals surface area contributed by atoms with Gasteiger partial charge in [0, 0.05) is 12.1 Å². The van der Waals surface area contributed by atoms with Crippen LogP contribution in [0.25, 0.3) is 0 Å². The van der Waals surface area contributed by atoms with Gasteiger partial charge in [-0.15, -0.1) is 0 Å². The fourth-order valence-electron chi connectivity index (χ4n) is 2.00. The molecule has 2 N–H and O–H groups in total. The summed E-state index contributed by atoms with van der Waals surface area (Å²) in [6.45, 7) is 2.54. The lowest BCUT2D eigenvalue weighted by Crippen LogP contribution is -2.44. The molecule has 2 aromatic rings. The van der Waals surface area contributed by atoms with Crippen LogP contribution in [0.15, 0.2) is 47.1 Å². The second-order valence-electron chi connectivity index (χ2n) is 5.06. The van der Waals surface area contributed by atoms with E-state index >= 15 is 0 Å². The van der Waals surface area contributed by atoms with Crippen molar-refractivity contribution >= 4 is 17.6 Å². The van der Waals surface area contributed by atoms with Gasteiger partial charge in [-0.3, -0.25) is 0 Å². The molecule has 0 bridgehead atoms. The number of carbonyl (C=O) groups is 1. The van der Waals surface area contributed by atoms with E-state index in [1.165, 1.54) is 0 Å². The van der Waals surface area contributed by atoms with Crippen molar-refractivity contribution in [2.45, 2.75) is 19.1 Å². The second-order valence-corrected chi connectivity index (χ2v) is 5.50. The summed E-state index contributed by atoms with van der Waals surface area (Å²) in [7, 11) is 1.60. The number of nitrogens with one attached hydrogen (secondary N) is 2. The summed E-state index contributed by atoms with van der Waals surface area (Å²) >= 11 is 6.01. The Balaban J connectivity index is 1.91. The molecule has 0 saturated heterocycles. The zero-order chi connectivity index (χ0) is 16.0. The number of halogens is 1. The smallest absolute Gasteiger partial charge is 0.315 e. The first-order valence-electron chi connectivity index (χ1n) is 6.89. The third-order valence-corrected chi connectivity index (χ3v) is 3.71. The largest absolute Gasteiger partial charge is 0.467 e. The first kappa shape index (κ1) is 16.4. The van der Waals surface area contributed by atoms with Crippen molar-refractivity contribution in [3.05, 3.63) is 59.0 Å². The predicted octanol–water partition coefficient (Wildman–Crippen LogP) is 3.29. The maximum absolute atomic E-state index is 11.9. The quantitative estimate of drug-likeness (QED) is 0.857. The van der Waals surface area contributed by atoms with Gasteiger partial charge in [0.25, 0.3) is 0 Å². The molecule has 2 rings (SSSR count). The van der Waals surface area contributed by atoms with Gasteiger partial charge in [-0.25, -0.2) is 4.79 Å². The number of amides is 2. The van der Waals surface area contributed by atoms with E-state index in [4.69, 9.17) is 20.8 Å². The lowest BCUT2D eigenvalue weighted by molar-refractivity contribution is 0.00487. The number of benzene rings is 1. The fraction of sp³-hybridized carbons (Fsp3) is 0.312. The third kappa shape index (κ3) is 4.26. The third-order valence-electron chi connectivity index (χ3n) is 3.48. The van der Waals surface area contributed by atoms with Gasteiger partial charge in [-0.1, -0.05) is 23.7 Å². The van der Waals surface area contributed by atoms with Gasteiger partial charge in [0.05, 0.1) is 19.4 Å². The average molecular weight is 323 g/mol. The molecule has 0 radical (unpaired) electrons. The molecule has 1 atom stereocenters. The summed E-state index contributed by atoms with van der Waals surface area (Å²) < 4.78 is 10.7. The van der Waals surface area contributed by atoms with Crippen LogP contribution in [0.1, 0.15) is 18.2 Å². The Morgan fingerprint density at radius 1 is 1.32 bits per heavy atom. The van der Waals surface area contributed by atoms with Crippen molar-refractivity contribution in [3.8, 4) is 0 Å². The molecule has 1 unspecified atom stereocenters. The molecule has 0 fully saturated rings. The van der Waals surface area contributed by atoms with Crippen molar-refractivity contribution in [1.29, 1.82) is 0 Å². The first-order valence-corrected chi connectivity index (χ1v) is 7.26. The lowest BCUT2D eigenvalue weighted by atomic mass is 9.96. The number of urea groups is 1. The Labute approximate surface area is 134 Å². The minimum absolute atomic E-state index is 0.290. The number of methoxy groups -OCH3 is 1. The standard InChI is InChI=1S/C16H19ClN2O3/c1-16(21-2,12-5-3-6-13(17)9-12)11-19-15(20)18-10-14-7-4-8-22-14/h3-9H,10-11H2,1-2H3,(H2,18,19,20). The minimum atomic E-state index is -0.660. The Bertz CT molecular complexity index is 616. The van der Waals surface area contributed by atoms with Crippen molar-refractivity contribution in [2.75, 3.05) is 13.7 Å². The van der Waals surface area contributed by atoms with E-state index < -0.39 is 5.60 Å². The zero-order valence-corrected chi connectivity index (χ0v) is 13.3. The Morgan fingerprint density at radius 2 is 2.14 bits per heavy atom. The molecule has 6 heteroatoms. The van der Waals surface area contributed by atoms with Crippen LogP contribution in [0.5, 0.6) is 0 Å². The monoisotopic (exact) mass is 322 g/mol. The minimum Gasteiger partial charge on any atom is -0.467 e. The highest BCUT2D eigenvalue weighted by molar-refractivity contribution is 6.30. The van der Waals surface area contributed by atoms with E-state index in [9.17, 15) is 4.79 Å². The number of hydrogen-bond donors (Lipinski definition) is 2. The maximum Gasteiger partial charge on any atom is 0.315 e. The molecule has 22 heavy (non-hydrogen) atoms. The van der Waals surface area contributed by atoms with Crippen LogP contribution in [0.4, 0.5) is 4.79 Å². The summed E-state index contributed by atoms with van der Waals surface area (Å²) in [5.41, 5.74) is 0.237. The average Bonchev–Trinajstić information content (AvgIpc) is 3.04. The number of ether oxygens (including phenoxy) is 1. The van der Waals surface area contributed by atoms with Gasteiger partial charge in [-0.2, -0.15) is 0 Å². The zero-order valence-electron chi connectivity index (χ0n) is 12.6. The Morgan fingerprint density at radius 3 is 2.77 bits per heavy atom. The van der Waals surface area contributed by atoms with E-state index in [-0.39, 0.29) is 6.03 Å². The number of rotatable bonds is 6.